The van der Waals surface area contributed by atoms with Crippen molar-refractivity contribution >= 4 is 5.91 Å². The third-order valence-electron chi connectivity index (χ3n) is 4.32. The van der Waals surface area contributed by atoms with Gasteiger partial charge in [-0.15, -0.1) is 10.2 Å². The van der Waals surface area contributed by atoms with Gasteiger partial charge in [-0.05, 0) is 26.2 Å². The number of rotatable bonds is 5. The number of methoxy groups -OCH3 is 1. The summed E-state index contributed by atoms with van der Waals surface area (Å²) in [4.78, 5) is 11.8. The molecule has 0 radical (unpaired) electrons. The molecule has 1 aliphatic rings. The molecule has 142 valence electrons. The van der Waals surface area contributed by atoms with Crippen molar-refractivity contribution in [3.63, 3.8) is 0 Å². The van der Waals surface area contributed by atoms with Gasteiger partial charge in [0.15, 0.2) is 0 Å². The normalized spacial score (nSPS) is 14.6. The highest BCUT2D eigenvalue weighted by Crippen LogP contribution is 2.21. The monoisotopic (exact) mass is 370 g/mol. The Kier molecular flexibility index (Phi) is 6.32. The van der Waals surface area contributed by atoms with Crippen LogP contribution in [0.5, 0.6) is 0 Å². The maximum absolute atomic E-state index is 11.8. The number of nitrogens with zero attached hydrogens (tertiary/aromatic N) is 3. The minimum absolute atomic E-state index is 0.104. The number of amides is 1. The van der Waals surface area contributed by atoms with Gasteiger partial charge in [-0.25, -0.2) is 0 Å². The van der Waals surface area contributed by atoms with Gasteiger partial charge in [-0.2, -0.15) is 0 Å². The lowest BCUT2D eigenvalue weighted by Crippen LogP contribution is -2.39. The van der Waals surface area contributed by atoms with Gasteiger partial charge >= 0.3 is 0 Å². The van der Waals surface area contributed by atoms with E-state index in [0.717, 1.165) is 18.4 Å². The van der Waals surface area contributed by atoms with Crippen LogP contribution < -0.4 is 5.32 Å². The highest BCUT2D eigenvalue weighted by Gasteiger charge is 2.22. The van der Waals surface area contributed by atoms with Gasteiger partial charge in [-0.3, -0.25) is 4.79 Å². The Bertz CT molecular complexity index is 829. The summed E-state index contributed by atoms with van der Waals surface area (Å²) >= 11 is 0. The van der Waals surface area contributed by atoms with E-state index in [1.807, 2.05) is 37.3 Å². The first-order valence-corrected chi connectivity index (χ1v) is 8.79. The summed E-state index contributed by atoms with van der Waals surface area (Å²) in [5.74, 6) is 0.618. The van der Waals surface area contributed by atoms with Crippen LogP contribution in [0.15, 0.2) is 51.7 Å². The molecule has 1 fully saturated rings. The number of carbonyl (C=O) groups is 1. The number of hydrogen-bond acceptors (Lipinski definition) is 7. The molecule has 1 atom stereocenters. The van der Waals surface area contributed by atoms with Crippen molar-refractivity contribution in [1.29, 1.82) is 0 Å². The Balaban J connectivity index is 0.000000197. The summed E-state index contributed by atoms with van der Waals surface area (Å²) in [6.07, 6.45) is 4.49. The molecule has 1 amide bonds. The third-order valence-corrected chi connectivity index (χ3v) is 4.32. The Labute approximate surface area is 156 Å². The minimum atomic E-state index is -0.172. The van der Waals surface area contributed by atoms with Gasteiger partial charge in [0.2, 0.25) is 18.0 Å². The minimum Gasteiger partial charge on any atom is -0.425 e. The first kappa shape index (κ1) is 18.8. The quantitative estimate of drug-likeness (QED) is 0.734. The molecule has 8 heteroatoms. The van der Waals surface area contributed by atoms with Gasteiger partial charge in [0.05, 0.1) is 0 Å². The summed E-state index contributed by atoms with van der Waals surface area (Å²) in [6.45, 7) is 1.84. The van der Waals surface area contributed by atoms with E-state index in [2.05, 4.69) is 20.7 Å². The fraction of sp³-hybridized carbons (Fsp3) is 0.368. The van der Waals surface area contributed by atoms with E-state index in [4.69, 9.17) is 13.7 Å². The van der Waals surface area contributed by atoms with Crippen molar-refractivity contribution in [3.05, 3.63) is 54.4 Å². The molecular formula is C19H22N4O4. The average Bonchev–Trinajstić information content (AvgIpc) is 3.37. The number of hydrogen-bond donors (Lipinski definition) is 1. The van der Waals surface area contributed by atoms with Crippen molar-refractivity contribution in [2.45, 2.75) is 38.3 Å². The number of carbonyl (C=O) groups excluding carboxylic acids is 1. The molecule has 0 saturated heterocycles. The Hall–Kier alpha value is -3.00. The van der Waals surface area contributed by atoms with E-state index in [1.165, 1.54) is 12.8 Å². The van der Waals surface area contributed by atoms with Gasteiger partial charge in [0.1, 0.15) is 11.8 Å². The Morgan fingerprint density at radius 3 is 2.67 bits per heavy atom. The standard InChI is InChI=1S/C14H14N2O2.C5H8N2O2/c17-14(15-11-7-4-8-11)13-9-12(16-18-13)10-5-2-1-3-6-10;1-4(8-2)5-7-6-3-9-5/h1-3,5-6,9,11H,4,7-8H2,(H,15,17);3-4H,1-2H3. The van der Waals surface area contributed by atoms with Gasteiger partial charge < -0.3 is 19.0 Å². The van der Waals surface area contributed by atoms with Crippen LogP contribution in [0.25, 0.3) is 11.3 Å². The first-order valence-electron chi connectivity index (χ1n) is 8.79. The van der Waals surface area contributed by atoms with E-state index < -0.39 is 0 Å². The highest BCUT2D eigenvalue weighted by molar-refractivity contribution is 5.92. The lowest BCUT2D eigenvalue weighted by molar-refractivity contribution is 0.0879. The molecular weight excluding hydrogens is 348 g/mol. The lowest BCUT2D eigenvalue weighted by atomic mass is 9.93. The molecule has 4 rings (SSSR count). The fourth-order valence-electron chi connectivity index (χ4n) is 2.40. The molecule has 3 aromatic rings. The van der Waals surface area contributed by atoms with Gasteiger partial charge in [0, 0.05) is 24.8 Å². The van der Waals surface area contributed by atoms with Crippen LogP contribution in [0.2, 0.25) is 0 Å². The largest absolute Gasteiger partial charge is 0.425 e. The van der Waals surface area contributed by atoms with E-state index >= 15 is 0 Å². The second-order valence-electron chi connectivity index (χ2n) is 6.20. The molecule has 1 aromatic carbocycles. The number of nitrogens with one attached hydrogen (secondary N) is 1. The van der Waals surface area contributed by atoms with Crippen molar-refractivity contribution in [1.82, 2.24) is 20.7 Å². The predicted octanol–water partition coefficient (Wildman–Crippen LogP) is 3.40. The first-order chi connectivity index (χ1) is 13.2. The molecule has 0 bridgehead atoms. The molecule has 0 spiro atoms. The summed E-state index contributed by atoms with van der Waals surface area (Å²) < 4.78 is 14.8. The van der Waals surface area contributed by atoms with Crippen LogP contribution in [0.4, 0.5) is 0 Å². The van der Waals surface area contributed by atoms with Crippen LogP contribution >= 0.6 is 0 Å². The Morgan fingerprint density at radius 2 is 2.07 bits per heavy atom. The van der Waals surface area contributed by atoms with Crippen molar-refractivity contribution in [2.24, 2.45) is 0 Å². The van der Waals surface area contributed by atoms with Crippen molar-refractivity contribution in [2.75, 3.05) is 7.11 Å². The molecule has 1 unspecified atom stereocenters. The average molecular weight is 370 g/mol. The lowest BCUT2D eigenvalue weighted by Gasteiger charge is -2.25. The van der Waals surface area contributed by atoms with Crippen LogP contribution in [0, 0.1) is 0 Å². The van der Waals surface area contributed by atoms with Gasteiger partial charge in [-0.1, -0.05) is 35.5 Å². The molecule has 0 aliphatic heterocycles. The number of aromatic nitrogens is 3. The summed E-state index contributed by atoms with van der Waals surface area (Å²) in [5.41, 5.74) is 1.64. The number of ether oxygens (including phenoxy) is 1. The van der Waals surface area contributed by atoms with Crippen LogP contribution in [0.1, 0.15) is 48.7 Å². The van der Waals surface area contributed by atoms with E-state index in [-0.39, 0.29) is 17.8 Å². The van der Waals surface area contributed by atoms with E-state index in [1.54, 1.807) is 13.2 Å². The van der Waals surface area contributed by atoms with Crippen molar-refractivity contribution < 1.29 is 18.5 Å². The van der Waals surface area contributed by atoms with Crippen LogP contribution in [0.3, 0.4) is 0 Å². The summed E-state index contributed by atoms with van der Waals surface area (Å²) in [6, 6.07) is 11.7. The topological polar surface area (TPSA) is 103 Å². The Morgan fingerprint density at radius 1 is 1.30 bits per heavy atom. The molecule has 8 nitrogen and oxygen atoms in total. The second kappa shape index (κ2) is 9.09. The zero-order chi connectivity index (χ0) is 19.1. The molecule has 1 saturated carbocycles. The second-order valence-corrected chi connectivity index (χ2v) is 6.20. The predicted molar refractivity (Wildman–Crippen MR) is 96.8 cm³/mol. The smallest absolute Gasteiger partial charge is 0.290 e. The molecule has 2 heterocycles. The molecule has 1 aliphatic carbocycles. The maximum Gasteiger partial charge on any atom is 0.290 e. The summed E-state index contributed by atoms with van der Waals surface area (Å²) in [5, 5.41) is 14.0. The van der Waals surface area contributed by atoms with Gasteiger partial charge in [0.25, 0.3) is 5.91 Å². The van der Waals surface area contributed by atoms with Crippen LogP contribution in [-0.2, 0) is 4.74 Å². The zero-order valence-electron chi connectivity index (χ0n) is 15.3. The molecule has 2 aromatic heterocycles. The third kappa shape index (κ3) is 5.01. The molecule has 27 heavy (non-hydrogen) atoms. The summed E-state index contributed by atoms with van der Waals surface area (Å²) in [7, 11) is 1.59. The SMILES string of the molecule is COC(C)c1nnco1.O=C(NC1CCC1)c1cc(-c2ccccc2)no1. The maximum atomic E-state index is 11.8. The fourth-order valence-corrected chi connectivity index (χ4v) is 2.40. The highest BCUT2D eigenvalue weighted by atomic mass is 16.5. The van der Waals surface area contributed by atoms with Crippen molar-refractivity contribution in [3.8, 4) is 11.3 Å². The van der Waals surface area contributed by atoms with Crippen LogP contribution in [-0.4, -0.2) is 34.4 Å². The molecule has 1 N–H and O–H groups in total. The zero-order valence-corrected chi connectivity index (χ0v) is 15.3. The van der Waals surface area contributed by atoms with E-state index in [0.29, 0.717) is 17.6 Å². The van der Waals surface area contributed by atoms with E-state index in [9.17, 15) is 4.79 Å². The number of benzene rings is 1.